The van der Waals surface area contributed by atoms with Gasteiger partial charge in [0.25, 0.3) is 5.91 Å². The number of hydrogen-bond acceptors (Lipinski definition) is 5. The molecule has 0 saturated heterocycles. The van der Waals surface area contributed by atoms with Crippen molar-refractivity contribution in [3.8, 4) is 11.5 Å². The summed E-state index contributed by atoms with van der Waals surface area (Å²) in [5, 5.41) is 6.56. The van der Waals surface area contributed by atoms with Gasteiger partial charge in [-0.25, -0.2) is 0 Å². The molecule has 1 aromatic heterocycles. The first-order valence-electron chi connectivity index (χ1n) is 8.10. The van der Waals surface area contributed by atoms with E-state index < -0.39 is 0 Å². The molecule has 138 valence electrons. The van der Waals surface area contributed by atoms with Gasteiger partial charge < -0.3 is 20.1 Å². The van der Waals surface area contributed by atoms with Crippen molar-refractivity contribution in [2.24, 2.45) is 0 Å². The molecular formula is C20H18ClN3O3. The average Bonchev–Trinajstić information content (AvgIpc) is 2.69. The second kappa shape index (κ2) is 8.42. The van der Waals surface area contributed by atoms with Gasteiger partial charge >= 0.3 is 0 Å². The lowest BCUT2D eigenvalue weighted by Gasteiger charge is -2.13. The predicted octanol–water partition coefficient (Wildman–Crippen LogP) is 4.75. The van der Waals surface area contributed by atoms with E-state index in [0.29, 0.717) is 39.1 Å². The molecule has 27 heavy (non-hydrogen) atoms. The number of benzene rings is 2. The minimum Gasteiger partial charge on any atom is -0.495 e. The topological polar surface area (TPSA) is 72.5 Å². The number of carbonyl (C=O) groups excluding carboxylic acids is 1. The van der Waals surface area contributed by atoms with Gasteiger partial charge in [0, 0.05) is 11.2 Å². The Kier molecular flexibility index (Phi) is 5.78. The van der Waals surface area contributed by atoms with E-state index in [9.17, 15) is 4.79 Å². The van der Waals surface area contributed by atoms with E-state index in [0.717, 1.165) is 0 Å². The molecule has 1 heterocycles. The number of rotatable bonds is 6. The van der Waals surface area contributed by atoms with Crippen molar-refractivity contribution in [1.29, 1.82) is 0 Å². The molecule has 0 aliphatic rings. The molecule has 0 saturated carbocycles. The number of anilines is 3. The Morgan fingerprint density at radius 3 is 2.48 bits per heavy atom. The molecule has 7 heteroatoms. The number of nitrogens with one attached hydrogen (secondary N) is 2. The van der Waals surface area contributed by atoms with Crippen LogP contribution in [-0.2, 0) is 0 Å². The lowest BCUT2D eigenvalue weighted by molar-refractivity contribution is 0.102. The van der Waals surface area contributed by atoms with E-state index >= 15 is 0 Å². The molecule has 0 aliphatic carbocycles. The van der Waals surface area contributed by atoms with Crippen molar-refractivity contribution in [2.45, 2.75) is 0 Å². The summed E-state index contributed by atoms with van der Waals surface area (Å²) in [5.41, 5.74) is 2.28. The molecule has 0 bridgehead atoms. The zero-order valence-corrected chi connectivity index (χ0v) is 15.6. The van der Waals surface area contributed by atoms with Crippen molar-refractivity contribution in [2.75, 3.05) is 24.9 Å². The summed E-state index contributed by atoms with van der Waals surface area (Å²) >= 11 is 6.05. The van der Waals surface area contributed by atoms with Gasteiger partial charge in [-0.3, -0.25) is 9.78 Å². The maximum absolute atomic E-state index is 12.6. The SMILES string of the molecule is COc1ccccc1NC(=O)c1cncc(Nc2cc(Cl)ccc2OC)c1. The quantitative estimate of drug-likeness (QED) is 0.642. The van der Waals surface area contributed by atoms with E-state index in [1.54, 1.807) is 56.8 Å². The van der Waals surface area contributed by atoms with Crippen LogP contribution in [0, 0.1) is 0 Å². The molecule has 2 aromatic carbocycles. The Morgan fingerprint density at radius 1 is 0.963 bits per heavy atom. The Labute approximate surface area is 162 Å². The maximum Gasteiger partial charge on any atom is 0.257 e. The standard InChI is InChI=1S/C20H18ClN3O3/c1-26-18-6-4-3-5-16(18)24-20(25)13-9-15(12-22-11-13)23-17-10-14(21)7-8-19(17)27-2/h3-12,23H,1-2H3,(H,24,25). The summed E-state index contributed by atoms with van der Waals surface area (Å²) in [7, 11) is 3.12. The Morgan fingerprint density at radius 2 is 1.70 bits per heavy atom. The van der Waals surface area contributed by atoms with Gasteiger partial charge in [0.2, 0.25) is 0 Å². The number of carbonyl (C=O) groups is 1. The van der Waals surface area contributed by atoms with Gasteiger partial charge in [0.05, 0.1) is 43.0 Å². The fraction of sp³-hybridized carbons (Fsp3) is 0.100. The first-order chi connectivity index (χ1) is 13.1. The summed E-state index contributed by atoms with van der Waals surface area (Å²) in [4.78, 5) is 16.7. The van der Waals surface area contributed by atoms with Gasteiger partial charge in [0.1, 0.15) is 11.5 Å². The number of hydrogen-bond donors (Lipinski definition) is 2. The van der Waals surface area contributed by atoms with E-state index in [-0.39, 0.29) is 5.91 Å². The fourth-order valence-corrected chi connectivity index (χ4v) is 2.68. The van der Waals surface area contributed by atoms with E-state index in [2.05, 4.69) is 15.6 Å². The highest BCUT2D eigenvalue weighted by molar-refractivity contribution is 6.31. The molecule has 0 spiro atoms. The molecule has 0 radical (unpaired) electrons. The largest absolute Gasteiger partial charge is 0.495 e. The normalized spacial score (nSPS) is 10.2. The maximum atomic E-state index is 12.6. The molecule has 0 unspecified atom stereocenters. The van der Waals surface area contributed by atoms with Gasteiger partial charge in [-0.05, 0) is 36.4 Å². The fourth-order valence-electron chi connectivity index (χ4n) is 2.51. The number of methoxy groups -OCH3 is 2. The number of aromatic nitrogens is 1. The van der Waals surface area contributed by atoms with Crippen molar-refractivity contribution in [3.63, 3.8) is 0 Å². The van der Waals surface area contributed by atoms with Gasteiger partial charge in [-0.2, -0.15) is 0 Å². The van der Waals surface area contributed by atoms with Crippen LogP contribution in [-0.4, -0.2) is 25.1 Å². The highest BCUT2D eigenvalue weighted by Gasteiger charge is 2.11. The molecule has 1 amide bonds. The van der Waals surface area contributed by atoms with Gasteiger partial charge in [-0.15, -0.1) is 0 Å². The minimum atomic E-state index is -0.297. The molecule has 0 fully saturated rings. The first kappa shape index (κ1) is 18.5. The lowest BCUT2D eigenvalue weighted by atomic mass is 10.2. The van der Waals surface area contributed by atoms with E-state index in [1.165, 1.54) is 6.20 Å². The minimum absolute atomic E-state index is 0.297. The van der Waals surface area contributed by atoms with Crippen LogP contribution in [0.4, 0.5) is 17.1 Å². The average molecular weight is 384 g/mol. The van der Waals surface area contributed by atoms with Gasteiger partial charge in [0.15, 0.2) is 0 Å². The second-order valence-electron chi connectivity index (χ2n) is 5.59. The monoisotopic (exact) mass is 383 g/mol. The number of ether oxygens (including phenoxy) is 2. The van der Waals surface area contributed by atoms with Crippen LogP contribution in [0.5, 0.6) is 11.5 Å². The third kappa shape index (κ3) is 4.48. The van der Waals surface area contributed by atoms with Crippen LogP contribution in [0.2, 0.25) is 5.02 Å². The number of para-hydroxylation sites is 2. The van der Waals surface area contributed by atoms with E-state index in [1.807, 2.05) is 12.1 Å². The zero-order valence-electron chi connectivity index (χ0n) is 14.8. The molecule has 0 atom stereocenters. The number of halogens is 1. The lowest BCUT2D eigenvalue weighted by Crippen LogP contribution is -2.13. The van der Waals surface area contributed by atoms with Crippen molar-refractivity contribution in [1.82, 2.24) is 4.98 Å². The van der Waals surface area contributed by atoms with Crippen molar-refractivity contribution in [3.05, 3.63) is 71.5 Å². The second-order valence-corrected chi connectivity index (χ2v) is 6.02. The van der Waals surface area contributed by atoms with Crippen LogP contribution in [0.25, 0.3) is 0 Å². The highest BCUT2D eigenvalue weighted by atomic mass is 35.5. The Hall–Kier alpha value is -3.25. The van der Waals surface area contributed by atoms with E-state index in [4.69, 9.17) is 21.1 Å². The zero-order chi connectivity index (χ0) is 19.2. The first-order valence-corrected chi connectivity index (χ1v) is 8.48. The van der Waals surface area contributed by atoms with Gasteiger partial charge in [-0.1, -0.05) is 23.7 Å². The van der Waals surface area contributed by atoms with Crippen LogP contribution in [0.1, 0.15) is 10.4 Å². The van der Waals surface area contributed by atoms with Crippen LogP contribution >= 0.6 is 11.6 Å². The number of nitrogens with zero attached hydrogens (tertiary/aromatic N) is 1. The van der Waals surface area contributed by atoms with Crippen LogP contribution < -0.4 is 20.1 Å². The summed E-state index contributed by atoms with van der Waals surface area (Å²) in [5.74, 6) is 0.911. The molecule has 2 N–H and O–H groups in total. The summed E-state index contributed by atoms with van der Waals surface area (Å²) in [6, 6.07) is 14.1. The third-order valence-electron chi connectivity index (χ3n) is 3.80. The third-order valence-corrected chi connectivity index (χ3v) is 4.03. The molecule has 3 aromatic rings. The highest BCUT2D eigenvalue weighted by Crippen LogP contribution is 2.30. The van der Waals surface area contributed by atoms with Crippen molar-refractivity contribution < 1.29 is 14.3 Å². The summed E-state index contributed by atoms with van der Waals surface area (Å²) < 4.78 is 10.6. The van der Waals surface area contributed by atoms with Crippen LogP contribution in [0.15, 0.2) is 60.9 Å². The Balaban J connectivity index is 1.81. The predicted molar refractivity (Wildman–Crippen MR) is 106 cm³/mol. The summed E-state index contributed by atoms with van der Waals surface area (Å²) in [6.07, 6.45) is 3.10. The Bertz CT molecular complexity index is 963. The number of amides is 1. The molecule has 6 nitrogen and oxygen atoms in total. The molecule has 3 rings (SSSR count). The molecular weight excluding hydrogens is 366 g/mol. The number of pyridine rings is 1. The molecule has 0 aliphatic heterocycles. The van der Waals surface area contributed by atoms with Crippen LogP contribution in [0.3, 0.4) is 0 Å². The smallest absolute Gasteiger partial charge is 0.257 e. The van der Waals surface area contributed by atoms with Crippen molar-refractivity contribution >= 4 is 34.6 Å². The summed E-state index contributed by atoms with van der Waals surface area (Å²) in [6.45, 7) is 0.